The summed E-state index contributed by atoms with van der Waals surface area (Å²) in [6.45, 7) is 9.00. The maximum absolute atomic E-state index is 2.25. The van der Waals surface area contributed by atoms with Gasteiger partial charge in [0.25, 0.3) is 0 Å². The van der Waals surface area contributed by atoms with Crippen molar-refractivity contribution in [3.05, 3.63) is 35.4 Å². The van der Waals surface area contributed by atoms with E-state index in [1.54, 1.807) is 0 Å². The molecular weight excluding hydrogens is 160 g/mol. The molecule has 0 fully saturated rings. The summed E-state index contributed by atoms with van der Waals surface area (Å²) in [5.41, 5.74) is 2.99. The molecule has 13 heavy (non-hydrogen) atoms. The highest BCUT2D eigenvalue weighted by molar-refractivity contribution is 5.31. The maximum atomic E-state index is 2.25. The van der Waals surface area contributed by atoms with Gasteiger partial charge in [-0.1, -0.05) is 52.0 Å². The Kier molecular flexibility index (Phi) is 4.71. The molecule has 1 rings (SSSR count). The van der Waals surface area contributed by atoms with Crippen molar-refractivity contribution >= 4 is 0 Å². The van der Waals surface area contributed by atoms with E-state index >= 15 is 0 Å². The van der Waals surface area contributed by atoms with Crippen LogP contribution < -0.4 is 0 Å². The van der Waals surface area contributed by atoms with Gasteiger partial charge < -0.3 is 5.48 Å². The molecule has 1 nitrogen and oxygen atoms in total. The van der Waals surface area contributed by atoms with Crippen LogP contribution in [0.25, 0.3) is 0 Å². The molecule has 0 aromatic heterocycles. The quantitative estimate of drug-likeness (QED) is 0.669. The van der Waals surface area contributed by atoms with Crippen molar-refractivity contribution in [2.75, 3.05) is 0 Å². The van der Waals surface area contributed by atoms with Gasteiger partial charge in [-0.2, -0.15) is 0 Å². The van der Waals surface area contributed by atoms with Crippen molar-refractivity contribution in [2.24, 2.45) is 0 Å². The van der Waals surface area contributed by atoms with Crippen molar-refractivity contribution < 1.29 is 5.48 Å². The summed E-state index contributed by atoms with van der Waals surface area (Å²) in [7, 11) is 0. The average molecular weight is 180 g/mol. The van der Waals surface area contributed by atoms with Crippen molar-refractivity contribution in [1.82, 2.24) is 0 Å². The van der Waals surface area contributed by atoms with Gasteiger partial charge in [-0.3, -0.25) is 0 Å². The van der Waals surface area contributed by atoms with Crippen molar-refractivity contribution in [3.8, 4) is 0 Å². The SMILES string of the molecule is CC(C)c1ccccc1C(C)C.O. The molecule has 0 saturated carbocycles. The minimum Gasteiger partial charge on any atom is -0.412 e. The molecule has 1 aromatic carbocycles. The predicted molar refractivity (Wildman–Crippen MR) is 58.2 cm³/mol. The summed E-state index contributed by atoms with van der Waals surface area (Å²) in [6, 6.07) is 8.72. The molecule has 1 aromatic rings. The summed E-state index contributed by atoms with van der Waals surface area (Å²) in [6.07, 6.45) is 0. The van der Waals surface area contributed by atoms with Gasteiger partial charge in [0.15, 0.2) is 0 Å². The lowest BCUT2D eigenvalue weighted by Gasteiger charge is -2.14. The molecule has 0 aliphatic heterocycles. The smallest absolute Gasteiger partial charge is 0.0216 e. The summed E-state index contributed by atoms with van der Waals surface area (Å²) in [5, 5.41) is 0. The fourth-order valence-electron chi connectivity index (χ4n) is 1.56. The Hall–Kier alpha value is -0.820. The van der Waals surface area contributed by atoms with Gasteiger partial charge >= 0.3 is 0 Å². The van der Waals surface area contributed by atoms with Crippen LogP contribution >= 0.6 is 0 Å². The third-order valence-corrected chi connectivity index (χ3v) is 2.24. The highest BCUT2D eigenvalue weighted by Gasteiger charge is 2.07. The second-order valence-electron chi connectivity index (χ2n) is 3.94. The topological polar surface area (TPSA) is 31.5 Å². The first-order valence-corrected chi connectivity index (χ1v) is 4.71. The zero-order chi connectivity index (χ0) is 9.14. The number of rotatable bonds is 2. The molecule has 0 aliphatic rings. The Balaban J connectivity index is 0.00000144. The van der Waals surface area contributed by atoms with E-state index in [2.05, 4.69) is 52.0 Å². The maximum Gasteiger partial charge on any atom is -0.0216 e. The molecular formula is C12H20O. The number of benzene rings is 1. The van der Waals surface area contributed by atoms with Crippen LogP contribution in [0.5, 0.6) is 0 Å². The van der Waals surface area contributed by atoms with E-state index < -0.39 is 0 Å². The third kappa shape index (κ3) is 2.85. The molecule has 0 unspecified atom stereocenters. The molecule has 0 aliphatic carbocycles. The summed E-state index contributed by atoms with van der Waals surface area (Å²) in [4.78, 5) is 0. The van der Waals surface area contributed by atoms with Crippen molar-refractivity contribution in [1.29, 1.82) is 0 Å². The molecule has 74 valence electrons. The van der Waals surface area contributed by atoms with Crippen LogP contribution in [0, 0.1) is 0 Å². The lowest BCUT2D eigenvalue weighted by Crippen LogP contribution is -1.97. The first-order valence-electron chi connectivity index (χ1n) is 4.71. The lowest BCUT2D eigenvalue weighted by molar-refractivity contribution is 0.790. The van der Waals surface area contributed by atoms with E-state index in [-0.39, 0.29) is 5.48 Å². The highest BCUT2D eigenvalue weighted by atomic mass is 16.0. The average Bonchev–Trinajstić information content (AvgIpc) is 2.04. The van der Waals surface area contributed by atoms with Crippen LogP contribution in [0.3, 0.4) is 0 Å². The minimum atomic E-state index is 0. The van der Waals surface area contributed by atoms with Gasteiger partial charge in [-0.05, 0) is 23.0 Å². The van der Waals surface area contributed by atoms with Crippen LogP contribution in [0.4, 0.5) is 0 Å². The van der Waals surface area contributed by atoms with Crippen LogP contribution in [0.2, 0.25) is 0 Å². The van der Waals surface area contributed by atoms with Crippen LogP contribution in [-0.2, 0) is 0 Å². The Morgan fingerprint density at radius 2 is 1.08 bits per heavy atom. The van der Waals surface area contributed by atoms with Crippen LogP contribution in [-0.4, -0.2) is 5.48 Å². The standard InChI is InChI=1S/C12H18.H2O/c1-9(2)11-7-5-6-8-12(11)10(3)4;/h5-10H,1-4H3;1H2. The normalized spacial score (nSPS) is 10.3. The number of hydrogen-bond donors (Lipinski definition) is 0. The molecule has 1 heteroatoms. The second kappa shape index (κ2) is 5.03. The van der Waals surface area contributed by atoms with Crippen LogP contribution in [0.1, 0.15) is 50.7 Å². The molecule has 0 radical (unpaired) electrons. The van der Waals surface area contributed by atoms with Gasteiger partial charge in [0, 0.05) is 0 Å². The fraction of sp³-hybridized carbons (Fsp3) is 0.500. The first-order chi connectivity index (χ1) is 5.63. The lowest BCUT2D eigenvalue weighted by atomic mass is 9.91. The Bertz CT molecular complexity index is 224. The zero-order valence-corrected chi connectivity index (χ0v) is 8.96. The van der Waals surface area contributed by atoms with E-state index in [0.29, 0.717) is 11.8 Å². The molecule has 0 heterocycles. The molecule has 2 N–H and O–H groups in total. The monoisotopic (exact) mass is 180 g/mol. The summed E-state index contributed by atoms with van der Waals surface area (Å²) in [5.74, 6) is 1.28. The Morgan fingerprint density at radius 1 is 0.769 bits per heavy atom. The Labute approximate surface area is 81.1 Å². The van der Waals surface area contributed by atoms with Crippen molar-refractivity contribution in [2.45, 2.75) is 39.5 Å². The van der Waals surface area contributed by atoms with Gasteiger partial charge in [0.1, 0.15) is 0 Å². The zero-order valence-electron chi connectivity index (χ0n) is 8.96. The molecule has 0 spiro atoms. The highest BCUT2D eigenvalue weighted by Crippen LogP contribution is 2.25. The summed E-state index contributed by atoms with van der Waals surface area (Å²) >= 11 is 0. The third-order valence-electron chi connectivity index (χ3n) is 2.24. The molecule has 0 bridgehead atoms. The summed E-state index contributed by atoms with van der Waals surface area (Å²) < 4.78 is 0. The van der Waals surface area contributed by atoms with Crippen molar-refractivity contribution in [3.63, 3.8) is 0 Å². The van der Waals surface area contributed by atoms with E-state index in [9.17, 15) is 0 Å². The largest absolute Gasteiger partial charge is 0.412 e. The van der Waals surface area contributed by atoms with Gasteiger partial charge in [-0.25, -0.2) is 0 Å². The van der Waals surface area contributed by atoms with E-state index in [1.807, 2.05) is 0 Å². The predicted octanol–water partition coefficient (Wildman–Crippen LogP) is 3.11. The first kappa shape index (κ1) is 12.2. The second-order valence-corrected chi connectivity index (χ2v) is 3.94. The van der Waals surface area contributed by atoms with E-state index in [1.165, 1.54) is 11.1 Å². The van der Waals surface area contributed by atoms with Gasteiger partial charge in [-0.15, -0.1) is 0 Å². The van der Waals surface area contributed by atoms with Crippen LogP contribution in [0.15, 0.2) is 24.3 Å². The molecule has 0 amide bonds. The minimum absolute atomic E-state index is 0. The fourth-order valence-corrected chi connectivity index (χ4v) is 1.56. The van der Waals surface area contributed by atoms with E-state index in [0.717, 1.165) is 0 Å². The Morgan fingerprint density at radius 3 is 1.31 bits per heavy atom. The molecule has 0 saturated heterocycles. The molecule has 0 atom stereocenters. The van der Waals surface area contributed by atoms with Gasteiger partial charge in [0.05, 0.1) is 0 Å². The number of hydrogen-bond acceptors (Lipinski definition) is 0. The van der Waals surface area contributed by atoms with E-state index in [4.69, 9.17) is 0 Å². The van der Waals surface area contributed by atoms with Gasteiger partial charge in [0.2, 0.25) is 0 Å².